The Morgan fingerprint density at radius 1 is 1.40 bits per heavy atom. The van der Waals surface area contributed by atoms with E-state index in [1.165, 1.54) is 18.2 Å². The Morgan fingerprint density at radius 2 is 2.15 bits per heavy atom. The molecule has 0 unspecified atom stereocenters. The molecule has 1 amide bonds. The first kappa shape index (κ1) is 16.9. The van der Waals surface area contributed by atoms with Crippen LogP contribution in [-0.2, 0) is 4.79 Å². The molecule has 0 saturated heterocycles. The molecular weight excluding hydrogens is 283 g/mol. The Morgan fingerprint density at radius 3 is 2.80 bits per heavy atom. The first-order valence-electron chi connectivity index (χ1n) is 6.57. The Hall–Kier alpha value is -1.17. The lowest BCUT2D eigenvalue weighted by atomic mass is 10.2. The van der Waals surface area contributed by atoms with Gasteiger partial charge in [0.1, 0.15) is 5.82 Å². The van der Waals surface area contributed by atoms with Crippen molar-refractivity contribution in [2.45, 2.75) is 19.3 Å². The maximum absolute atomic E-state index is 13.0. The van der Waals surface area contributed by atoms with Crippen LogP contribution in [0, 0.1) is 5.82 Å². The Kier molecular flexibility index (Phi) is 7.51. The Balaban J connectivity index is 2.33. The fourth-order valence-corrected chi connectivity index (χ4v) is 1.95. The van der Waals surface area contributed by atoms with Crippen molar-refractivity contribution < 1.29 is 14.3 Å². The maximum atomic E-state index is 13.0. The molecular formula is C14H20ClFN2O2. The van der Waals surface area contributed by atoms with Gasteiger partial charge in [0.05, 0.1) is 11.6 Å². The van der Waals surface area contributed by atoms with Crippen molar-refractivity contribution in [3.8, 4) is 0 Å². The van der Waals surface area contributed by atoms with Crippen LogP contribution in [0.4, 0.5) is 10.1 Å². The molecule has 20 heavy (non-hydrogen) atoms. The van der Waals surface area contributed by atoms with Crippen molar-refractivity contribution in [2.75, 3.05) is 32.1 Å². The van der Waals surface area contributed by atoms with Crippen LogP contribution < -0.4 is 5.32 Å². The van der Waals surface area contributed by atoms with E-state index in [4.69, 9.17) is 16.7 Å². The van der Waals surface area contributed by atoms with Crippen LogP contribution in [0.25, 0.3) is 0 Å². The number of aliphatic hydroxyl groups is 1. The van der Waals surface area contributed by atoms with Crippen molar-refractivity contribution in [1.29, 1.82) is 0 Å². The zero-order chi connectivity index (χ0) is 15.0. The minimum Gasteiger partial charge on any atom is -0.396 e. The van der Waals surface area contributed by atoms with Crippen molar-refractivity contribution >= 4 is 23.2 Å². The lowest BCUT2D eigenvalue weighted by molar-refractivity contribution is -0.117. The summed E-state index contributed by atoms with van der Waals surface area (Å²) in [6.07, 6.45) is 2.66. The smallest absolute Gasteiger partial charge is 0.238 e. The molecule has 6 heteroatoms. The van der Waals surface area contributed by atoms with Gasteiger partial charge < -0.3 is 10.4 Å². The van der Waals surface area contributed by atoms with E-state index in [-0.39, 0.29) is 24.1 Å². The third-order valence-electron chi connectivity index (χ3n) is 2.81. The fraction of sp³-hybridized carbons (Fsp3) is 0.500. The third-order valence-corrected chi connectivity index (χ3v) is 3.10. The van der Waals surface area contributed by atoms with Crippen LogP contribution >= 0.6 is 11.6 Å². The summed E-state index contributed by atoms with van der Waals surface area (Å²) in [6, 6.07) is 4.08. The first-order valence-corrected chi connectivity index (χ1v) is 6.95. The van der Waals surface area contributed by atoms with Gasteiger partial charge in [-0.05, 0) is 51.1 Å². The zero-order valence-electron chi connectivity index (χ0n) is 11.5. The summed E-state index contributed by atoms with van der Waals surface area (Å²) < 4.78 is 13.0. The molecule has 1 aromatic rings. The average molecular weight is 303 g/mol. The molecule has 0 aliphatic rings. The highest BCUT2D eigenvalue weighted by molar-refractivity contribution is 6.31. The number of amides is 1. The molecule has 112 valence electrons. The Labute approximate surface area is 123 Å². The molecule has 4 nitrogen and oxygen atoms in total. The van der Waals surface area contributed by atoms with Gasteiger partial charge in [-0.1, -0.05) is 11.6 Å². The number of benzene rings is 1. The predicted octanol–water partition coefficient (Wildman–Crippen LogP) is 2.51. The molecule has 1 rings (SSSR count). The standard InChI is InChI=1S/C14H20ClFN2O2/c1-18(7-3-2-4-8-19)10-14(20)17-11-5-6-13(16)12(15)9-11/h5-6,9,19H,2-4,7-8,10H2,1H3,(H,17,20). The minimum atomic E-state index is -0.509. The van der Waals surface area contributed by atoms with E-state index in [0.717, 1.165) is 25.8 Å². The van der Waals surface area contributed by atoms with Gasteiger partial charge in [0.2, 0.25) is 5.91 Å². The molecule has 0 saturated carbocycles. The van der Waals surface area contributed by atoms with Gasteiger partial charge in [0, 0.05) is 12.3 Å². The highest BCUT2D eigenvalue weighted by atomic mass is 35.5. The highest BCUT2D eigenvalue weighted by Crippen LogP contribution is 2.19. The SMILES string of the molecule is CN(CCCCCO)CC(=O)Nc1ccc(F)c(Cl)c1. The summed E-state index contributed by atoms with van der Waals surface area (Å²) in [5, 5.41) is 11.3. The summed E-state index contributed by atoms with van der Waals surface area (Å²) in [5.74, 6) is -0.678. The number of aliphatic hydroxyl groups excluding tert-OH is 1. The number of anilines is 1. The van der Waals surface area contributed by atoms with Crippen LogP contribution in [0.2, 0.25) is 5.02 Å². The number of likely N-dealkylation sites (N-methyl/N-ethyl adjacent to an activating group) is 1. The molecule has 0 bridgehead atoms. The number of unbranched alkanes of at least 4 members (excludes halogenated alkanes) is 2. The third kappa shape index (κ3) is 6.32. The number of halogens is 2. The van der Waals surface area contributed by atoms with Gasteiger partial charge in [-0.15, -0.1) is 0 Å². The quantitative estimate of drug-likeness (QED) is 0.726. The molecule has 0 atom stereocenters. The fourth-order valence-electron chi connectivity index (χ4n) is 1.77. The largest absolute Gasteiger partial charge is 0.396 e. The number of carbonyl (C=O) groups excluding carboxylic acids is 1. The minimum absolute atomic E-state index is 0.0137. The van der Waals surface area contributed by atoms with Gasteiger partial charge in [-0.2, -0.15) is 0 Å². The number of hydrogen-bond acceptors (Lipinski definition) is 3. The van der Waals surface area contributed by atoms with E-state index < -0.39 is 5.82 Å². The molecule has 0 aliphatic heterocycles. The van der Waals surface area contributed by atoms with E-state index in [0.29, 0.717) is 5.69 Å². The lowest BCUT2D eigenvalue weighted by Gasteiger charge is -2.16. The summed E-state index contributed by atoms with van der Waals surface area (Å²) in [5.41, 5.74) is 0.482. The van der Waals surface area contributed by atoms with Crippen LogP contribution in [0.15, 0.2) is 18.2 Å². The van der Waals surface area contributed by atoms with Crippen LogP contribution in [0.3, 0.4) is 0 Å². The van der Waals surface area contributed by atoms with Gasteiger partial charge >= 0.3 is 0 Å². The first-order chi connectivity index (χ1) is 9.52. The van der Waals surface area contributed by atoms with E-state index in [1.54, 1.807) is 0 Å². The number of carbonyl (C=O) groups is 1. The van der Waals surface area contributed by atoms with Gasteiger partial charge in [0.25, 0.3) is 0 Å². The van der Waals surface area contributed by atoms with Crippen molar-refractivity contribution in [3.05, 3.63) is 29.0 Å². The van der Waals surface area contributed by atoms with Crippen LogP contribution in [0.1, 0.15) is 19.3 Å². The monoisotopic (exact) mass is 302 g/mol. The number of rotatable bonds is 8. The van der Waals surface area contributed by atoms with E-state index in [9.17, 15) is 9.18 Å². The second kappa shape index (κ2) is 8.89. The van der Waals surface area contributed by atoms with Crippen molar-refractivity contribution in [2.24, 2.45) is 0 Å². The normalized spacial score (nSPS) is 10.8. The summed E-state index contributed by atoms with van der Waals surface area (Å²) in [4.78, 5) is 13.7. The second-order valence-corrected chi connectivity index (χ2v) is 5.11. The van der Waals surface area contributed by atoms with Gasteiger partial charge in [0.15, 0.2) is 0 Å². The number of hydrogen-bond donors (Lipinski definition) is 2. The summed E-state index contributed by atoms with van der Waals surface area (Å²) >= 11 is 5.64. The summed E-state index contributed by atoms with van der Waals surface area (Å²) in [6.45, 7) is 1.25. The highest BCUT2D eigenvalue weighted by Gasteiger charge is 2.08. The average Bonchev–Trinajstić information content (AvgIpc) is 2.39. The number of nitrogens with zero attached hydrogens (tertiary/aromatic N) is 1. The molecule has 1 aromatic carbocycles. The molecule has 0 spiro atoms. The van der Waals surface area contributed by atoms with Crippen molar-refractivity contribution in [3.63, 3.8) is 0 Å². The molecule has 2 N–H and O–H groups in total. The van der Waals surface area contributed by atoms with Crippen molar-refractivity contribution in [1.82, 2.24) is 4.90 Å². The second-order valence-electron chi connectivity index (χ2n) is 4.70. The van der Waals surface area contributed by atoms with Gasteiger partial charge in [-0.3, -0.25) is 9.69 Å². The molecule has 0 aliphatic carbocycles. The molecule has 0 aromatic heterocycles. The van der Waals surface area contributed by atoms with Crippen LogP contribution in [-0.4, -0.2) is 42.7 Å². The lowest BCUT2D eigenvalue weighted by Crippen LogP contribution is -2.30. The van der Waals surface area contributed by atoms with Crippen LogP contribution in [0.5, 0.6) is 0 Å². The van der Waals surface area contributed by atoms with E-state index in [1.807, 2.05) is 11.9 Å². The van der Waals surface area contributed by atoms with E-state index in [2.05, 4.69) is 5.32 Å². The van der Waals surface area contributed by atoms with Gasteiger partial charge in [-0.25, -0.2) is 4.39 Å². The molecule has 0 radical (unpaired) electrons. The Bertz CT molecular complexity index is 443. The maximum Gasteiger partial charge on any atom is 0.238 e. The predicted molar refractivity (Wildman–Crippen MR) is 78.5 cm³/mol. The molecule has 0 fully saturated rings. The molecule has 0 heterocycles. The summed E-state index contributed by atoms with van der Waals surface area (Å²) in [7, 11) is 1.86. The van der Waals surface area contributed by atoms with E-state index >= 15 is 0 Å². The zero-order valence-corrected chi connectivity index (χ0v) is 12.3. The topological polar surface area (TPSA) is 52.6 Å². The number of nitrogens with one attached hydrogen (secondary N) is 1.